The summed E-state index contributed by atoms with van der Waals surface area (Å²) in [6.07, 6.45) is 28.6. The first-order valence-electron chi connectivity index (χ1n) is 10.5. The van der Waals surface area contributed by atoms with Gasteiger partial charge < -0.3 is 0 Å². The van der Waals surface area contributed by atoms with Gasteiger partial charge in [0.15, 0.2) is 0 Å². The molecule has 0 aromatic heterocycles. The third-order valence-corrected chi connectivity index (χ3v) is 5.30. The van der Waals surface area contributed by atoms with Gasteiger partial charge in [0, 0.05) is 0 Å². The summed E-state index contributed by atoms with van der Waals surface area (Å²) in [7, 11) is 0. The molecule has 0 aromatic rings. The Bertz CT molecular complexity index is 512. The smallest absolute Gasteiger partial charge is 0.0103 e. The lowest BCUT2D eigenvalue weighted by atomic mass is 9.72. The molecular weight excluding hydrogens is 300 g/mol. The first-order chi connectivity index (χ1) is 12.2. The van der Waals surface area contributed by atoms with E-state index >= 15 is 0 Å². The quantitative estimate of drug-likeness (QED) is 0.307. The van der Waals surface area contributed by atoms with Crippen molar-refractivity contribution in [1.82, 2.24) is 0 Å². The number of allylic oxidation sites excluding steroid dienone is 10. The van der Waals surface area contributed by atoms with Crippen molar-refractivity contribution in [2.45, 2.75) is 86.0 Å². The SMILES string of the molecule is CC.CC/C=C\C=C(/CC)C(CC1=CCCC1)CC1(C)C=CC=CC1. The summed E-state index contributed by atoms with van der Waals surface area (Å²) >= 11 is 0. The van der Waals surface area contributed by atoms with Gasteiger partial charge in [-0.1, -0.05) is 94.4 Å². The van der Waals surface area contributed by atoms with Crippen LogP contribution in [0, 0.1) is 11.3 Å². The van der Waals surface area contributed by atoms with Crippen LogP contribution < -0.4 is 0 Å². The molecule has 0 fully saturated rings. The summed E-state index contributed by atoms with van der Waals surface area (Å²) in [5.41, 5.74) is 3.65. The molecule has 0 bridgehead atoms. The summed E-state index contributed by atoms with van der Waals surface area (Å²) in [6.45, 7) is 11.0. The minimum atomic E-state index is 0.321. The fraction of sp³-hybridized carbons (Fsp3) is 0.600. The van der Waals surface area contributed by atoms with Gasteiger partial charge in [0.05, 0.1) is 0 Å². The Kier molecular flexibility index (Phi) is 10.5. The molecule has 0 saturated heterocycles. The van der Waals surface area contributed by atoms with Gasteiger partial charge in [0.1, 0.15) is 0 Å². The highest BCUT2D eigenvalue weighted by atomic mass is 14.3. The number of hydrogen-bond donors (Lipinski definition) is 0. The van der Waals surface area contributed by atoms with Gasteiger partial charge in [-0.05, 0) is 62.7 Å². The van der Waals surface area contributed by atoms with Crippen LogP contribution in [-0.4, -0.2) is 0 Å². The molecular formula is C25H40. The van der Waals surface area contributed by atoms with Crippen molar-refractivity contribution in [3.05, 3.63) is 59.8 Å². The maximum Gasteiger partial charge on any atom is -0.0103 e. The van der Waals surface area contributed by atoms with Crippen molar-refractivity contribution >= 4 is 0 Å². The van der Waals surface area contributed by atoms with Crippen LogP contribution in [0.25, 0.3) is 0 Å². The van der Waals surface area contributed by atoms with Crippen LogP contribution in [0.4, 0.5) is 0 Å². The van der Waals surface area contributed by atoms with E-state index in [1.807, 2.05) is 13.8 Å². The molecule has 0 aromatic carbocycles. The zero-order valence-corrected chi connectivity index (χ0v) is 17.4. The highest BCUT2D eigenvalue weighted by Gasteiger charge is 2.28. The van der Waals surface area contributed by atoms with E-state index in [1.54, 1.807) is 11.1 Å². The van der Waals surface area contributed by atoms with Crippen molar-refractivity contribution in [3.8, 4) is 0 Å². The van der Waals surface area contributed by atoms with Gasteiger partial charge in [0.2, 0.25) is 0 Å². The average molecular weight is 341 g/mol. The normalized spacial score (nSPS) is 24.2. The standard InChI is InChI=1S/C23H34.C2H6/c1-4-6-8-15-21(5-2)22(18-20-13-9-10-14-20)19-23(3)16-11-7-12-17-23;1-2/h6-8,11-13,15-16,22H,4-5,9-10,14,17-19H2,1-3H3;1-2H3/b8-6-,21-15+;. The minimum absolute atomic E-state index is 0.321. The summed E-state index contributed by atoms with van der Waals surface area (Å²) in [5.74, 6) is 0.687. The van der Waals surface area contributed by atoms with E-state index in [0.717, 1.165) is 6.42 Å². The molecule has 2 rings (SSSR count). The molecule has 0 amide bonds. The third-order valence-electron chi connectivity index (χ3n) is 5.30. The Morgan fingerprint density at radius 3 is 2.60 bits per heavy atom. The molecule has 0 N–H and O–H groups in total. The number of rotatable bonds is 8. The van der Waals surface area contributed by atoms with Gasteiger partial charge in [0.25, 0.3) is 0 Å². The summed E-state index contributed by atoms with van der Waals surface area (Å²) in [4.78, 5) is 0. The Balaban J connectivity index is 0.00000151. The zero-order valence-electron chi connectivity index (χ0n) is 17.4. The number of hydrogen-bond acceptors (Lipinski definition) is 0. The van der Waals surface area contributed by atoms with E-state index < -0.39 is 0 Å². The van der Waals surface area contributed by atoms with Gasteiger partial charge in [-0.3, -0.25) is 0 Å². The molecule has 2 aliphatic carbocycles. The summed E-state index contributed by atoms with van der Waals surface area (Å²) in [6, 6.07) is 0. The fourth-order valence-electron chi connectivity index (χ4n) is 3.93. The van der Waals surface area contributed by atoms with E-state index in [4.69, 9.17) is 0 Å². The molecule has 0 saturated carbocycles. The fourth-order valence-corrected chi connectivity index (χ4v) is 3.93. The molecule has 0 radical (unpaired) electrons. The molecule has 25 heavy (non-hydrogen) atoms. The predicted molar refractivity (Wildman–Crippen MR) is 115 cm³/mol. The Morgan fingerprint density at radius 2 is 2.04 bits per heavy atom. The lowest BCUT2D eigenvalue weighted by molar-refractivity contribution is 0.325. The topological polar surface area (TPSA) is 0 Å². The lowest BCUT2D eigenvalue weighted by Crippen LogP contribution is -2.20. The molecule has 0 aliphatic heterocycles. The van der Waals surface area contributed by atoms with Crippen LogP contribution >= 0.6 is 0 Å². The van der Waals surface area contributed by atoms with Gasteiger partial charge in [-0.25, -0.2) is 0 Å². The van der Waals surface area contributed by atoms with Crippen LogP contribution in [0.1, 0.15) is 86.0 Å². The van der Waals surface area contributed by atoms with Crippen molar-refractivity contribution in [2.75, 3.05) is 0 Å². The largest absolute Gasteiger partial charge is 0.0853 e. The third kappa shape index (κ3) is 7.63. The van der Waals surface area contributed by atoms with E-state index in [-0.39, 0.29) is 0 Å². The minimum Gasteiger partial charge on any atom is -0.0853 e. The molecule has 2 atom stereocenters. The Hall–Kier alpha value is -1.30. The first kappa shape index (κ1) is 21.7. The van der Waals surface area contributed by atoms with Crippen molar-refractivity contribution in [3.63, 3.8) is 0 Å². The molecule has 0 heterocycles. The highest BCUT2D eigenvalue weighted by molar-refractivity contribution is 5.22. The molecule has 2 unspecified atom stereocenters. The lowest BCUT2D eigenvalue weighted by Gasteiger charge is -2.33. The summed E-state index contributed by atoms with van der Waals surface area (Å²) < 4.78 is 0. The predicted octanol–water partition coefficient (Wildman–Crippen LogP) is 8.34. The maximum absolute atomic E-state index is 2.50. The van der Waals surface area contributed by atoms with Crippen LogP contribution in [-0.2, 0) is 0 Å². The van der Waals surface area contributed by atoms with Gasteiger partial charge in [-0.15, -0.1) is 0 Å². The van der Waals surface area contributed by atoms with Gasteiger partial charge in [-0.2, -0.15) is 0 Å². The zero-order chi connectivity index (χ0) is 18.5. The molecule has 0 nitrogen and oxygen atoms in total. The van der Waals surface area contributed by atoms with E-state index in [1.165, 1.54) is 44.9 Å². The maximum atomic E-state index is 2.50. The molecule has 2 aliphatic rings. The van der Waals surface area contributed by atoms with Crippen LogP contribution in [0.2, 0.25) is 0 Å². The molecule has 0 spiro atoms. The Labute approximate surface area is 157 Å². The second-order valence-corrected chi connectivity index (χ2v) is 7.44. The van der Waals surface area contributed by atoms with Gasteiger partial charge >= 0.3 is 0 Å². The Morgan fingerprint density at radius 1 is 1.24 bits per heavy atom. The second-order valence-electron chi connectivity index (χ2n) is 7.44. The van der Waals surface area contributed by atoms with E-state index in [2.05, 4.69) is 69.4 Å². The second kappa shape index (κ2) is 12.1. The van der Waals surface area contributed by atoms with Crippen molar-refractivity contribution in [2.24, 2.45) is 11.3 Å². The van der Waals surface area contributed by atoms with E-state index in [9.17, 15) is 0 Å². The van der Waals surface area contributed by atoms with Crippen molar-refractivity contribution in [1.29, 1.82) is 0 Å². The highest BCUT2D eigenvalue weighted by Crippen LogP contribution is 2.41. The van der Waals surface area contributed by atoms with Crippen LogP contribution in [0.15, 0.2) is 59.8 Å². The van der Waals surface area contributed by atoms with E-state index in [0.29, 0.717) is 11.3 Å². The van der Waals surface area contributed by atoms with Crippen LogP contribution in [0.3, 0.4) is 0 Å². The average Bonchev–Trinajstić information content (AvgIpc) is 3.13. The first-order valence-corrected chi connectivity index (χ1v) is 10.5. The van der Waals surface area contributed by atoms with Crippen molar-refractivity contribution < 1.29 is 0 Å². The molecule has 0 heteroatoms. The monoisotopic (exact) mass is 340 g/mol. The summed E-state index contributed by atoms with van der Waals surface area (Å²) in [5, 5.41) is 0. The molecule has 140 valence electrons. The van der Waals surface area contributed by atoms with Crippen LogP contribution in [0.5, 0.6) is 0 Å².